The Morgan fingerprint density at radius 1 is 1.45 bits per heavy atom. The van der Waals surface area contributed by atoms with Crippen LogP contribution in [0.2, 0.25) is 0 Å². The first kappa shape index (κ1) is 14.0. The lowest BCUT2D eigenvalue weighted by Crippen LogP contribution is -2.35. The zero-order valence-electron chi connectivity index (χ0n) is 11.3. The summed E-state index contributed by atoms with van der Waals surface area (Å²) in [4.78, 5) is 22.6. The number of allylic oxidation sites excluding steroid dienone is 1. The number of rotatable bonds is 3. The summed E-state index contributed by atoms with van der Waals surface area (Å²) in [6.07, 6.45) is 6.68. The van der Waals surface area contributed by atoms with Crippen LogP contribution >= 0.6 is 0 Å². The highest BCUT2D eigenvalue weighted by Gasteiger charge is 2.22. The number of nitrogens with one attached hydrogen (secondary N) is 1. The number of carbonyl (C=O) groups is 1. The molecule has 0 heterocycles. The Bertz CT molecular complexity index is 581. The molecule has 6 nitrogen and oxygen atoms in total. The molecule has 1 aromatic carbocycles. The normalized spacial score (nSPS) is 17.8. The van der Waals surface area contributed by atoms with Crippen LogP contribution < -0.4 is 11.1 Å². The number of benzene rings is 1. The zero-order chi connectivity index (χ0) is 14.7. The molecule has 0 radical (unpaired) electrons. The maximum absolute atomic E-state index is 12.2. The fourth-order valence-corrected chi connectivity index (χ4v) is 2.31. The molecule has 0 bridgehead atoms. The predicted molar refractivity (Wildman–Crippen MR) is 76.5 cm³/mol. The molecule has 1 amide bonds. The van der Waals surface area contributed by atoms with Gasteiger partial charge in [0.05, 0.1) is 10.5 Å². The molecule has 1 unspecified atom stereocenters. The first-order chi connectivity index (χ1) is 9.49. The number of hydrogen-bond donors (Lipinski definition) is 2. The molecule has 1 atom stereocenters. The average Bonchev–Trinajstić information content (AvgIpc) is 2.41. The van der Waals surface area contributed by atoms with Crippen LogP contribution in [0.3, 0.4) is 0 Å². The van der Waals surface area contributed by atoms with Gasteiger partial charge in [-0.05, 0) is 37.8 Å². The number of aryl methyl sites for hydroxylation is 1. The van der Waals surface area contributed by atoms with E-state index >= 15 is 0 Å². The van der Waals surface area contributed by atoms with Crippen molar-refractivity contribution in [1.82, 2.24) is 5.32 Å². The van der Waals surface area contributed by atoms with Gasteiger partial charge in [-0.2, -0.15) is 0 Å². The largest absolute Gasteiger partial charge is 0.393 e. The van der Waals surface area contributed by atoms with Crippen molar-refractivity contribution >= 4 is 17.3 Å². The molecule has 1 aliphatic rings. The molecular weight excluding hydrogens is 258 g/mol. The lowest BCUT2D eigenvalue weighted by Gasteiger charge is -2.20. The molecule has 3 N–H and O–H groups in total. The molecule has 0 aliphatic heterocycles. The van der Waals surface area contributed by atoms with Gasteiger partial charge in [-0.25, -0.2) is 0 Å². The number of nitrogen functional groups attached to an aromatic ring is 1. The minimum absolute atomic E-state index is 0.0615. The molecule has 106 valence electrons. The summed E-state index contributed by atoms with van der Waals surface area (Å²) in [5, 5.41) is 13.8. The average molecular weight is 275 g/mol. The van der Waals surface area contributed by atoms with Crippen LogP contribution in [0.5, 0.6) is 0 Å². The quantitative estimate of drug-likeness (QED) is 0.383. The lowest BCUT2D eigenvalue weighted by molar-refractivity contribution is -0.384. The van der Waals surface area contributed by atoms with E-state index in [-0.39, 0.29) is 28.9 Å². The van der Waals surface area contributed by atoms with Crippen LogP contribution in [0.4, 0.5) is 11.4 Å². The third kappa shape index (κ3) is 2.96. The van der Waals surface area contributed by atoms with Crippen LogP contribution in [0, 0.1) is 17.0 Å². The number of carbonyl (C=O) groups excluding carboxylic acids is 1. The number of nitro groups is 1. The van der Waals surface area contributed by atoms with Crippen molar-refractivity contribution < 1.29 is 9.72 Å². The highest BCUT2D eigenvalue weighted by Crippen LogP contribution is 2.27. The van der Waals surface area contributed by atoms with E-state index in [4.69, 9.17) is 5.73 Å². The van der Waals surface area contributed by atoms with E-state index in [1.165, 1.54) is 6.07 Å². The van der Waals surface area contributed by atoms with Gasteiger partial charge in [0.25, 0.3) is 11.6 Å². The SMILES string of the molecule is Cc1cc(C(=O)NC2CC=CCC2)c(N)c([N+](=O)[O-])c1. The number of nitrogens with two attached hydrogens (primary N) is 1. The minimum atomic E-state index is -0.567. The van der Waals surface area contributed by atoms with Crippen LogP contribution in [0.1, 0.15) is 35.2 Å². The molecule has 1 aromatic rings. The molecule has 6 heteroatoms. The standard InChI is InChI=1S/C14H17N3O3/c1-9-7-11(13(15)12(8-9)17(19)20)14(18)16-10-5-3-2-4-6-10/h2-3,7-8,10H,4-6,15H2,1H3,(H,16,18). The van der Waals surface area contributed by atoms with Crippen molar-refractivity contribution in [2.75, 3.05) is 5.73 Å². The summed E-state index contributed by atoms with van der Waals surface area (Å²) in [5.74, 6) is -0.352. The molecule has 1 aliphatic carbocycles. The summed E-state index contributed by atoms with van der Waals surface area (Å²) in [6.45, 7) is 1.70. The lowest BCUT2D eigenvalue weighted by atomic mass is 10.0. The van der Waals surface area contributed by atoms with E-state index in [1.807, 2.05) is 6.08 Å². The van der Waals surface area contributed by atoms with Crippen molar-refractivity contribution in [2.45, 2.75) is 32.2 Å². The Morgan fingerprint density at radius 2 is 2.20 bits per heavy atom. The van der Waals surface area contributed by atoms with Crippen molar-refractivity contribution in [3.05, 3.63) is 45.5 Å². The van der Waals surface area contributed by atoms with Gasteiger partial charge in [-0.1, -0.05) is 12.2 Å². The van der Waals surface area contributed by atoms with E-state index < -0.39 is 4.92 Å². The first-order valence-electron chi connectivity index (χ1n) is 6.49. The molecule has 0 aromatic heterocycles. The Balaban J connectivity index is 2.25. The Kier molecular flexibility index (Phi) is 4.02. The zero-order valence-corrected chi connectivity index (χ0v) is 11.3. The van der Waals surface area contributed by atoms with Crippen molar-refractivity contribution in [3.63, 3.8) is 0 Å². The number of nitrogens with zero attached hydrogens (tertiary/aromatic N) is 1. The van der Waals surface area contributed by atoms with Crippen LogP contribution in [-0.4, -0.2) is 16.9 Å². The van der Waals surface area contributed by atoms with Gasteiger partial charge in [-0.3, -0.25) is 14.9 Å². The third-order valence-electron chi connectivity index (χ3n) is 3.35. The molecule has 2 rings (SSSR count). The van der Waals surface area contributed by atoms with Gasteiger partial charge in [0.1, 0.15) is 5.69 Å². The van der Waals surface area contributed by atoms with Crippen LogP contribution in [0.15, 0.2) is 24.3 Å². The van der Waals surface area contributed by atoms with Crippen molar-refractivity contribution in [1.29, 1.82) is 0 Å². The summed E-state index contributed by atoms with van der Waals surface area (Å²) in [6, 6.07) is 3.01. The Hall–Kier alpha value is -2.37. The summed E-state index contributed by atoms with van der Waals surface area (Å²) < 4.78 is 0. The van der Waals surface area contributed by atoms with Gasteiger partial charge < -0.3 is 11.1 Å². The summed E-state index contributed by atoms with van der Waals surface area (Å²) in [5.41, 5.74) is 6.25. The first-order valence-corrected chi connectivity index (χ1v) is 6.49. The van der Waals surface area contributed by atoms with Crippen molar-refractivity contribution in [2.24, 2.45) is 0 Å². The molecule has 0 saturated heterocycles. The second kappa shape index (κ2) is 5.73. The molecule has 0 spiro atoms. The number of hydrogen-bond acceptors (Lipinski definition) is 4. The summed E-state index contributed by atoms with van der Waals surface area (Å²) in [7, 11) is 0. The van der Waals surface area contributed by atoms with Gasteiger partial charge in [0.15, 0.2) is 0 Å². The fraction of sp³-hybridized carbons (Fsp3) is 0.357. The monoisotopic (exact) mass is 275 g/mol. The smallest absolute Gasteiger partial charge is 0.293 e. The van der Waals surface area contributed by atoms with E-state index in [0.29, 0.717) is 5.56 Å². The predicted octanol–water partition coefficient (Wildman–Crippen LogP) is 2.32. The maximum Gasteiger partial charge on any atom is 0.293 e. The van der Waals surface area contributed by atoms with Crippen LogP contribution in [0.25, 0.3) is 0 Å². The van der Waals surface area contributed by atoms with E-state index in [0.717, 1.165) is 19.3 Å². The van der Waals surface area contributed by atoms with Gasteiger partial charge in [0.2, 0.25) is 0 Å². The Morgan fingerprint density at radius 3 is 2.80 bits per heavy atom. The molecular formula is C14H17N3O3. The fourth-order valence-electron chi connectivity index (χ4n) is 2.31. The van der Waals surface area contributed by atoms with Gasteiger partial charge in [-0.15, -0.1) is 0 Å². The second-order valence-electron chi connectivity index (χ2n) is 4.96. The van der Waals surface area contributed by atoms with E-state index in [9.17, 15) is 14.9 Å². The highest BCUT2D eigenvalue weighted by atomic mass is 16.6. The number of anilines is 1. The highest BCUT2D eigenvalue weighted by molar-refractivity contribution is 6.01. The van der Waals surface area contributed by atoms with E-state index in [2.05, 4.69) is 11.4 Å². The van der Waals surface area contributed by atoms with Gasteiger partial charge in [0, 0.05) is 12.1 Å². The number of amides is 1. The minimum Gasteiger partial charge on any atom is -0.393 e. The van der Waals surface area contributed by atoms with Crippen molar-refractivity contribution in [3.8, 4) is 0 Å². The van der Waals surface area contributed by atoms with Gasteiger partial charge >= 0.3 is 0 Å². The molecule has 0 fully saturated rings. The second-order valence-corrected chi connectivity index (χ2v) is 4.96. The topological polar surface area (TPSA) is 98.3 Å². The number of nitro benzene ring substituents is 1. The van der Waals surface area contributed by atoms with Crippen LogP contribution in [-0.2, 0) is 0 Å². The third-order valence-corrected chi connectivity index (χ3v) is 3.35. The Labute approximate surface area is 116 Å². The van der Waals surface area contributed by atoms with E-state index in [1.54, 1.807) is 13.0 Å². The maximum atomic E-state index is 12.2. The molecule has 20 heavy (non-hydrogen) atoms. The summed E-state index contributed by atoms with van der Waals surface area (Å²) >= 11 is 0. The molecule has 0 saturated carbocycles.